The van der Waals surface area contributed by atoms with Crippen LogP contribution in [0.1, 0.15) is 38.3 Å². The summed E-state index contributed by atoms with van der Waals surface area (Å²) in [4.78, 5) is 4.42. The Hall–Kier alpha value is -1.17. The van der Waals surface area contributed by atoms with Crippen molar-refractivity contribution in [2.24, 2.45) is 0 Å². The highest BCUT2D eigenvalue weighted by Crippen LogP contribution is 2.25. The Morgan fingerprint density at radius 3 is 2.65 bits per heavy atom. The van der Waals surface area contributed by atoms with Gasteiger partial charge in [0.25, 0.3) is 0 Å². The fourth-order valence-electron chi connectivity index (χ4n) is 1.64. The summed E-state index contributed by atoms with van der Waals surface area (Å²) in [6.45, 7) is 6.55. The van der Waals surface area contributed by atoms with Crippen molar-refractivity contribution in [2.45, 2.75) is 32.3 Å². The number of hydrogen-bond acceptors (Lipinski definition) is 5. The molecule has 1 unspecified atom stereocenters. The minimum atomic E-state index is -0.675. The van der Waals surface area contributed by atoms with Gasteiger partial charge in [-0.2, -0.15) is 4.37 Å². The second kappa shape index (κ2) is 6.08. The second-order valence-electron chi connectivity index (χ2n) is 5.59. The standard InChI is InChI=1S/C14H18ClN3OS/c1-14(2,3)12-17-13(20-18-12)16-8-11(19)9-6-4-5-7-10(9)15/h4-7,11,19H,8H2,1-3H3,(H,16,17,18). The molecular weight excluding hydrogens is 294 g/mol. The van der Waals surface area contributed by atoms with E-state index in [1.54, 1.807) is 6.07 Å². The molecule has 108 valence electrons. The van der Waals surface area contributed by atoms with Crippen molar-refractivity contribution in [3.05, 3.63) is 40.7 Å². The highest BCUT2D eigenvalue weighted by atomic mass is 35.5. The van der Waals surface area contributed by atoms with E-state index in [9.17, 15) is 5.11 Å². The highest BCUT2D eigenvalue weighted by Gasteiger charge is 2.20. The van der Waals surface area contributed by atoms with Gasteiger partial charge in [0.2, 0.25) is 5.13 Å². The third-order valence-electron chi connectivity index (χ3n) is 2.81. The molecule has 0 amide bonds. The Morgan fingerprint density at radius 1 is 1.35 bits per heavy atom. The molecule has 2 N–H and O–H groups in total. The number of nitrogens with zero attached hydrogens (tertiary/aromatic N) is 2. The van der Waals surface area contributed by atoms with Crippen LogP contribution in [-0.4, -0.2) is 21.0 Å². The van der Waals surface area contributed by atoms with Crippen molar-refractivity contribution in [1.29, 1.82) is 0 Å². The number of benzene rings is 1. The maximum Gasteiger partial charge on any atom is 0.202 e. The summed E-state index contributed by atoms with van der Waals surface area (Å²) >= 11 is 7.35. The summed E-state index contributed by atoms with van der Waals surface area (Å²) in [5, 5.41) is 14.5. The lowest BCUT2D eigenvalue weighted by Gasteiger charge is -2.13. The second-order valence-corrected chi connectivity index (χ2v) is 6.75. The molecule has 0 aliphatic heterocycles. The Balaban J connectivity index is 1.99. The zero-order valence-electron chi connectivity index (χ0n) is 11.7. The van der Waals surface area contributed by atoms with Crippen molar-refractivity contribution in [2.75, 3.05) is 11.9 Å². The number of aromatic nitrogens is 2. The van der Waals surface area contributed by atoms with Gasteiger partial charge in [0.1, 0.15) is 5.82 Å². The predicted octanol–water partition coefficient (Wildman–Crippen LogP) is 3.63. The van der Waals surface area contributed by atoms with Crippen LogP contribution in [0.3, 0.4) is 0 Å². The lowest BCUT2D eigenvalue weighted by atomic mass is 9.96. The van der Waals surface area contributed by atoms with Crippen molar-refractivity contribution in [3.63, 3.8) is 0 Å². The van der Waals surface area contributed by atoms with Gasteiger partial charge in [-0.25, -0.2) is 4.98 Å². The van der Waals surface area contributed by atoms with Gasteiger partial charge in [-0.05, 0) is 6.07 Å². The van der Waals surface area contributed by atoms with E-state index in [0.717, 1.165) is 5.82 Å². The molecule has 6 heteroatoms. The van der Waals surface area contributed by atoms with E-state index in [1.165, 1.54) is 11.5 Å². The molecular formula is C14H18ClN3OS. The van der Waals surface area contributed by atoms with Crippen LogP contribution >= 0.6 is 23.1 Å². The molecule has 2 rings (SSSR count). The SMILES string of the molecule is CC(C)(C)c1nsc(NCC(O)c2ccccc2Cl)n1. The number of hydrogen-bond donors (Lipinski definition) is 2. The number of anilines is 1. The van der Waals surface area contributed by atoms with Crippen LogP contribution in [0.15, 0.2) is 24.3 Å². The fourth-order valence-corrected chi connectivity index (χ4v) is 2.66. The summed E-state index contributed by atoms with van der Waals surface area (Å²) in [7, 11) is 0. The predicted molar refractivity (Wildman–Crippen MR) is 83.5 cm³/mol. The summed E-state index contributed by atoms with van der Waals surface area (Å²) in [6.07, 6.45) is -0.675. The molecule has 1 aromatic carbocycles. The first-order valence-electron chi connectivity index (χ1n) is 6.38. The van der Waals surface area contributed by atoms with Crippen molar-refractivity contribution in [3.8, 4) is 0 Å². The smallest absolute Gasteiger partial charge is 0.202 e. The van der Waals surface area contributed by atoms with E-state index in [4.69, 9.17) is 11.6 Å². The van der Waals surface area contributed by atoms with E-state index in [0.29, 0.717) is 22.3 Å². The van der Waals surface area contributed by atoms with Gasteiger partial charge in [-0.3, -0.25) is 0 Å². The van der Waals surface area contributed by atoms with Gasteiger partial charge >= 0.3 is 0 Å². The van der Waals surface area contributed by atoms with E-state index >= 15 is 0 Å². The zero-order chi connectivity index (χ0) is 14.8. The first kappa shape index (κ1) is 15.2. The van der Waals surface area contributed by atoms with Gasteiger partial charge in [0.15, 0.2) is 0 Å². The monoisotopic (exact) mass is 311 g/mol. The minimum absolute atomic E-state index is 0.0716. The van der Waals surface area contributed by atoms with E-state index in [1.807, 2.05) is 18.2 Å². The molecule has 20 heavy (non-hydrogen) atoms. The van der Waals surface area contributed by atoms with Gasteiger partial charge in [0, 0.05) is 34.1 Å². The molecule has 0 radical (unpaired) electrons. The maximum absolute atomic E-state index is 10.1. The molecule has 0 aliphatic carbocycles. The van der Waals surface area contributed by atoms with Crippen LogP contribution in [0.2, 0.25) is 5.02 Å². The molecule has 0 aliphatic rings. The Morgan fingerprint density at radius 2 is 2.05 bits per heavy atom. The average molecular weight is 312 g/mol. The molecule has 2 aromatic rings. The van der Waals surface area contributed by atoms with Gasteiger partial charge in [-0.1, -0.05) is 50.6 Å². The molecule has 0 fully saturated rings. The number of halogens is 1. The summed E-state index contributed by atoms with van der Waals surface area (Å²) in [5.41, 5.74) is 0.639. The normalized spacial score (nSPS) is 13.2. The maximum atomic E-state index is 10.1. The van der Waals surface area contributed by atoms with Crippen LogP contribution in [0, 0.1) is 0 Å². The summed E-state index contributed by atoms with van der Waals surface area (Å²) in [6, 6.07) is 7.28. The molecule has 1 aromatic heterocycles. The lowest BCUT2D eigenvalue weighted by Crippen LogP contribution is -2.15. The van der Waals surface area contributed by atoms with E-state index in [-0.39, 0.29) is 5.41 Å². The first-order valence-corrected chi connectivity index (χ1v) is 7.53. The number of aliphatic hydroxyl groups is 1. The van der Waals surface area contributed by atoms with Crippen molar-refractivity contribution >= 4 is 28.3 Å². The van der Waals surface area contributed by atoms with Crippen LogP contribution in [0.25, 0.3) is 0 Å². The Bertz CT molecular complexity index is 580. The average Bonchev–Trinajstić information content (AvgIpc) is 2.85. The molecule has 0 saturated carbocycles. The quantitative estimate of drug-likeness (QED) is 0.905. The topological polar surface area (TPSA) is 58.0 Å². The van der Waals surface area contributed by atoms with Crippen LogP contribution in [0.4, 0.5) is 5.13 Å². The van der Waals surface area contributed by atoms with Gasteiger partial charge in [0.05, 0.1) is 6.10 Å². The molecule has 0 bridgehead atoms. The van der Waals surface area contributed by atoms with E-state index < -0.39 is 6.10 Å². The molecule has 0 saturated heterocycles. The van der Waals surface area contributed by atoms with Crippen LogP contribution in [0.5, 0.6) is 0 Å². The van der Waals surface area contributed by atoms with Gasteiger partial charge < -0.3 is 10.4 Å². The third-order valence-corrected chi connectivity index (χ3v) is 3.82. The molecule has 4 nitrogen and oxygen atoms in total. The molecule has 1 atom stereocenters. The van der Waals surface area contributed by atoms with Gasteiger partial charge in [-0.15, -0.1) is 0 Å². The molecule has 1 heterocycles. The lowest BCUT2D eigenvalue weighted by molar-refractivity contribution is 0.191. The fraction of sp³-hybridized carbons (Fsp3) is 0.429. The van der Waals surface area contributed by atoms with E-state index in [2.05, 4.69) is 35.4 Å². The summed E-state index contributed by atoms with van der Waals surface area (Å²) in [5.74, 6) is 0.803. The largest absolute Gasteiger partial charge is 0.387 e. The minimum Gasteiger partial charge on any atom is -0.387 e. The van der Waals surface area contributed by atoms with Crippen molar-refractivity contribution in [1.82, 2.24) is 9.36 Å². The highest BCUT2D eigenvalue weighted by molar-refractivity contribution is 7.09. The third kappa shape index (κ3) is 3.69. The molecule has 0 spiro atoms. The van der Waals surface area contributed by atoms with Crippen LogP contribution < -0.4 is 5.32 Å². The number of nitrogens with one attached hydrogen (secondary N) is 1. The zero-order valence-corrected chi connectivity index (χ0v) is 13.3. The summed E-state index contributed by atoms with van der Waals surface area (Å²) < 4.78 is 4.32. The first-order chi connectivity index (χ1) is 9.38. The Labute approximate surface area is 128 Å². The number of rotatable bonds is 4. The Kier molecular flexibility index (Phi) is 4.62. The van der Waals surface area contributed by atoms with Crippen LogP contribution in [-0.2, 0) is 5.41 Å². The number of aliphatic hydroxyl groups excluding tert-OH is 1. The van der Waals surface area contributed by atoms with Crippen molar-refractivity contribution < 1.29 is 5.11 Å².